The van der Waals surface area contributed by atoms with Crippen molar-refractivity contribution in [3.05, 3.63) is 75.7 Å². The summed E-state index contributed by atoms with van der Waals surface area (Å²) in [6.07, 6.45) is 3.39. The lowest BCUT2D eigenvalue weighted by molar-refractivity contribution is -0.125. The van der Waals surface area contributed by atoms with Gasteiger partial charge < -0.3 is 10.2 Å². The minimum Gasteiger partial charge on any atom is -0.350 e. The number of nitrogens with one attached hydrogen (secondary N) is 2. The first-order chi connectivity index (χ1) is 16.1. The average molecular weight is 460 g/mol. The maximum Gasteiger partial charge on any atom is 0.270 e. The molecule has 1 amide bonds. The Labute approximate surface area is 195 Å². The molecule has 2 N–H and O–H groups in total. The number of aryl methyl sites for hydroxylation is 1. The number of rotatable bonds is 5. The van der Waals surface area contributed by atoms with Gasteiger partial charge in [0.15, 0.2) is 0 Å². The number of hydrogen-bond acceptors (Lipinski definition) is 6. The van der Waals surface area contributed by atoms with E-state index < -0.39 is 0 Å². The van der Waals surface area contributed by atoms with Crippen molar-refractivity contribution >= 4 is 33.4 Å². The van der Waals surface area contributed by atoms with E-state index in [9.17, 15) is 9.59 Å². The summed E-state index contributed by atoms with van der Waals surface area (Å²) in [4.78, 5) is 39.7. The third kappa shape index (κ3) is 4.52. The summed E-state index contributed by atoms with van der Waals surface area (Å²) in [6.45, 7) is 3.73. The van der Waals surface area contributed by atoms with E-state index in [0.717, 1.165) is 36.2 Å². The molecule has 4 aromatic rings. The third-order valence-electron chi connectivity index (χ3n) is 6.04. The first-order valence-electron chi connectivity index (χ1n) is 11.1. The van der Waals surface area contributed by atoms with Gasteiger partial charge in [-0.2, -0.15) is 0 Å². The number of pyridine rings is 1. The molecule has 0 aliphatic carbocycles. The van der Waals surface area contributed by atoms with Crippen LogP contribution in [-0.4, -0.2) is 33.9 Å². The van der Waals surface area contributed by atoms with E-state index in [-0.39, 0.29) is 17.4 Å². The zero-order valence-corrected chi connectivity index (χ0v) is 19.2. The maximum absolute atomic E-state index is 12.8. The number of aromatic nitrogens is 3. The van der Waals surface area contributed by atoms with Crippen LogP contribution in [0.15, 0.2) is 58.8 Å². The summed E-state index contributed by atoms with van der Waals surface area (Å²) < 4.78 is 0.621. The predicted molar refractivity (Wildman–Crippen MR) is 131 cm³/mol. The SMILES string of the molecule is Cc1ccc(-c2csc3c(=O)[nH]c(N4CCCC(C(=O)NCc5ccccn5)C4)nc23)cc1. The highest BCUT2D eigenvalue weighted by Gasteiger charge is 2.27. The standard InChI is InChI=1S/C25H25N5O2S/c1-16-7-9-17(10-8-16)20-15-33-22-21(20)28-25(29-24(22)32)30-12-4-5-18(14-30)23(31)27-13-19-6-2-3-11-26-19/h2-3,6-11,15,18H,4-5,12-14H2,1H3,(H,27,31)(H,28,29,32). The van der Waals surface area contributed by atoms with Gasteiger partial charge in [0.2, 0.25) is 11.9 Å². The minimum atomic E-state index is -0.164. The van der Waals surface area contributed by atoms with Crippen molar-refractivity contribution in [1.29, 1.82) is 0 Å². The van der Waals surface area contributed by atoms with Crippen LogP contribution in [0.2, 0.25) is 0 Å². The smallest absolute Gasteiger partial charge is 0.270 e. The van der Waals surface area contributed by atoms with Gasteiger partial charge in [-0.05, 0) is 37.5 Å². The molecule has 1 atom stereocenters. The normalized spacial score (nSPS) is 16.2. The Morgan fingerprint density at radius 2 is 2.09 bits per heavy atom. The van der Waals surface area contributed by atoms with Crippen molar-refractivity contribution in [2.75, 3.05) is 18.0 Å². The number of fused-ring (bicyclic) bond motifs is 1. The van der Waals surface area contributed by atoms with Gasteiger partial charge in [0.25, 0.3) is 5.56 Å². The van der Waals surface area contributed by atoms with Gasteiger partial charge in [-0.3, -0.25) is 19.6 Å². The molecule has 1 fully saturated rings. The summed E-state index contributed by atoms with van der Waals surface area (Å²) in [5, 5.41) is 4.99. The second kappa shape index (κ2) is 9.15. The molecule has 33 heavy (non-hydrogen) atoms. The maximum atomic E-state index is 12.8. The fourth-order valence-corrected chi connectivity index (χ4v) is 5.12. The molecule has 3 aromatic heterocycles. The number of thiophene rings is 1. The van der Waals surface area contributed by atoms with Crippen molar-refractivity contribution in [2.45, 2.75) is 26.3 Å². The Balaban J connectivity index is 1.37. The van der Waals surface area contributed by atoms with Gasteiger partial charge in [0, 0.05) is 30.2 Å². The van der Waals surface area contributed by atoms with Crippen LogP contribution in [-0.2, 0) is 11.3 Å². The van der Waals surface area contributed by atoms with Gasteiger partial charge in [-0.1, -0.05) is 35.9 Å². The second-order valence-electron chi connectivity index (χ2n) is 8.41. The third-order valence-corrected chi connectivity index (χ3v) is 7.01. The highest BCUT2D eigenvalue weighted by molar-refractivity contribution is 7.17. The van der Waals surface area contributed by atoms with Crippen molar-refractivity contribution < 1.29 is 4.79 Å². The van der Waals surface area contributed by atoms with Crippen LogP contribution in [0.3, 0.4) is 0 Å². The number of benzene rings is 1. The molecule has 1 saturated heterocycles. The van der Waals surface area contributed by atoms with E-state index in [4.69, 9.17) is 4.98 Å². The Kier molecular flexibility index (Phi) is 5.92. The van der Waals surface area contributed by atoms with Crippen LogP contribution >= 0.6 is 11.3 Å². The summed E-state index contributed by atoms with van der Waals surface area (Å²) in [7, 11) is 0. The number of piperidine rings is 1. The molecule has 0 bridgehead atoms. The quantitative estimate of drug-likeness (QED) is 0.473. The van der Waals surface area contributed by atoms with Crippen molar-refractivity contribution in [3.63, 3.8) is 0 Å². The lowest BCUT2D eigenvalue weighted by Gasteiger charge is -2.32. The Morgan fingerprint density at radius 1 is 1.24 bits per heavy atom. The van der Waals surface area contributed by atoms with Crippen molar-refractivity contribution in [3.8, 4) is 11.1 Å². The van der Waals surface area contributed by atoms with Crippen LogP contribution < -0.4 is 15.8 Å². The first-order valence-corrected chi connectivity index (χ1v) is 12.0. The van der Waals surface area contributed by atoms with E-state index in [1.54, 1.807) is 6.20 Å². The van der Waals surface area contributed by atoms with Gasteiger partial charge in [0.05, 0.1) is 23.7 Å². The lowest BCUT2D eigenvalue weighted by atomic mass is 9.97. The Morgan fingerprint density at radius 3 is 2.88 bits per heavy atom. The van der Waals surface area contributed by atoms with Gasteiger partial charge in [-0.25, -0.2) is 4.98 Å². The summed E-state index contributed by atoms with van der Waals surface area (Å²) in [5.41, 5.74) is 4.59. The first kappa shape index (κ1) is 21.3. The Hall–Kier alpha value is -3.52. The Bertz CT molecular complexity index is 1330. The number of hydrogen-bond donors (Lipinski definition) is 2. The summed E-state index contributed by atoms with van der Waals surface area (Å²) >= 11 is 1.41. The monoisotopic (exact) mass is 459 g/mol. The molecular weight excluding hydrogens is 434 g/mol. The molecule has 1 unspecified atom stereocenters. The summed E-state index contributed by atoms with van der Waals surface area (Å²) in [5.74, 6) is 0.369. The molecule has 1 aliphatic rings. The van der Waals surface area contributed by atoms with E-state index >= 15 is 0 Å². The number of carbonyl (C=O) groups is 1. The fourth-order valence-electron chi connectivity index (χ4n) is 4.21. The molecule has 0 spiro atoms. The van der Waals surface area contributed by atoms with Gasteiger partial charge in [0.1, 0.15) is 4.70 Å². The zero-order valence-electron chi connectivity index (χ0n) is 18.4. The molecule has 0 radical (unpaired) electrons. The number of aromatic amines is 1. The highest BCUT2D eigenvalue weighted by atomic mass is 32.1. The van der Waals surface area contributed by atoms with Gasteiger partial charge >= 0.3 is 0 Å². The van der Waals surface area contributed by atoms with Crippen LogP contribution in [0.4, 0.5) is 5.95 Å². The van der Waals surface area contributed by atoms with Crippen LogP contribution in [0.25, 0.3) is 21.3 Å². The molecule has 7 nitrogen and oxygen atoms in total. The van der Waals surface area contributed by atoms with Crippen LogP contribution in [0.1, 0.15) is 24.1 Å². The van der Waals surface area contributed by atoms with E-state index in [2.05, 4.69) is 46.5 Å². The molecule has 5 rings (SSSR count). The minimum absolute atomic E-state index is 0.00431. The summed E-state index contributed by atoms with van der Waals surface area (Å²) in [6, 6.07) is 13.9. The van der Waals surface area contributed by atoms with Crippen LogP contribution in [0.5, 0.6) is 0 Å². The predicted octanol–water partition coefficient (Wildman–Crippen LogP) is 3.89. The largest absolute Gasteiger partial charge is 0.350 e. The van der Waals surface area contributed by atoms with E-state index in [0.29, 0.717) is 29.3 Å². The van der Waals surface area contributed by atoms with E-state index in [1.165, 1.54) is 16.9 Å². The molecule has 1 aromatic carbocycles. The van der Waals surface area contributed by atoms with Crippen molar-refractivity contribution in [2.24, 2.45) is 5.92 Å². The van der Waals surface area contributed by atoms with Crippen molar-refractivity contribution in [1.82, 2.24) is 20.3 Å². The number of amides is 1. The van der Waals surface area contributed by atoms with Gasteiger partial charge in [-0.15, -0.1) is 11.3 Å². The molecule has 0 saturated carbocycles. The number of carbonyl (C=O) groups excluding carboxylic acids is 1. The highest BCUT2D eigenvalue weighted by Crippen LogP contribution is 2.32. The number of H-pyrrole nitrogens is 1. The molecule has 1 aliphatic heterocycles. The number of anilines is 1. The molecular formula is C25H25N5O2S. The molecule has 4 heterocycles. The van der Waals surface area contributed by atoms with E-state index in [1.807, 2.05) is 28.5 Å². The molecule has 168 valence electrons. The number of nitrogens with zero attached hydrogens (tertiary/aromatic N) is 3. The zero-order chi connectivity index (χ0) is 22.8. The topological polar surface area (TPSA) is 91.0 Å². The second-order valence-corrected chi connectivity index (χ2v) is 9.29. The molecule has 8 heteroatoms. The lowest BCUT2D eigenvalue weighted by Crippen LogP contribution is -2.44. The average Bonchev–Trinajstić information content (AvgIpc) is 3.28. The fraction of sp³-hybridized carbons (Fsp3) is 0.280. The van der Waals surface area contributed by atoms with Crippen LogP contribution in [0, 0.1) is 12.8 Å².